The highest BCUT2D eigenvalue weighted by Crippen LogP contribution is 2.21. The molecule has 2 aromatic carbocycles. The van der Waals surface area contributed by atoms with Gasteiger partial charge in [-0.1, -0.05) is 18.2 Å². The number of rotatable bonds is 3. The summed E-state index contributed by atoms with van der Waals surface area (Å²) in [5, 5.41) is 3.56. The predicted molar refractivity (Wildman–Crippen MR) is 94.9 cm³/mol. The molecule has 24 heavy (non-hydrogen) atoms. The minimum Gasteiger partial charge on any atom is -0.382 e. The lowest BCUT2D eigenvalue weighted by Gasteiger charge is -2.33. The molecular weight excluding hydrogens is 303 g/mol. The van der Waals surface area contributed by atoms with Crippen molar-refractivity contribution in [2.45, 2.75) is 32.7 Å². The fraction of sp³-hybridized carbons (Fsp3) is 0.350. The molecule has 1 amide bonds. The van der Waals surface area contributed by atoms with Crippen molar-refractivity contribution in [1.82, 2.24) is 4.90 Å². The van der Waals surface area contributed by atoms with Gasteiger partial charge in [-0.15, -0.1) is 0 Å². The number of amides is 1. The smallest absolute Gasteiger partial charge is 0.256 e. The minimum atomic E-state index is -0.446. The molecule has 0 unspecified atom stereocenters. The number of benzene rings is 2. The van der Waals surface area contributed by atoms with E-state index in [1.165, 1.54) is 17.2 Å². The standard InChI is InChI=1S/C20H23FN2O/c1-14-11-15(2)13-17(12-14)22-16-7-9-23(10-8-16)20(24)18-5-3-4-6-19(18)21/h3-6,11-13,16,22H,7-10H2,1-2H3. The van der Waals surface area contributed by atoms with Gasteiger partial charge >= 0.3 is 0 Å². The van der Waals surface area contributed by atoms with Crippen LogP contribution in [0.1, 0.15) is 34.3 Å². The monoisotopic (exact) mass is 326 g/mol. The van der Waals surface area contributed by atoms with Gasteiger partial charge < -0.3 is 10.2 Å². The lowest BCUT2D eigenvalue weighted by molar-refractivity contribution is 0.0714. The number of anilines is 1. The molecule has 1 saturated heterocycles. The molecule has 3 nitrogen and oxygen atoms in total. The normalized spacial score (nSPS) is 15.4. The van der Waals surface area contributed by atoms with Crippen LogP contribution >= 0.6 is 0 Å². The fourth-order valence-corrected chi connectivity index (χ4v) is 3.33. The number of halogens is 1. The molecule has 1 aliphatic heterocycles. The van der Waals surface area contributed by atoms with Crippen molar-refractivity contribution in [2.24, 2.45) is 0 Å². The van der Waals surface area contributed by atoms with Gasteiger partial charge in [0.25, 0.3) is 5.91 Å². The minimum absolute atomic E-state index is 0.165. The van der Waals surface area contributed by atoms with Crippen LogP contribution in [0.2, 0.25) is 0 Å². The Kier molecular flexibility index (Phi) is 4.84. The van der Waals surface area contributed by atoms with Gasteiger partial charge in [-0.25, -0.2) is 4.39 Å². The number of hydrogen-bond donors (Lipinski definition) is 1. The summed E-state index contributed by atoms with van der Waals surface area (Å²) in [7, 11) is 0. The Balaban J connectivity index is 1.59. The number of nitrogens with zero attached hydrogens (tertiary/aromatic N) is 1. The molecule has 1 N–H and O–H groups in total. The zero-order valence-electron chi connectivity index (χ0n) is 14.2. The third-order valence-corrected chi connectivity index (χ3v) is 4.48. The second-order valence-corrected chi connectivity index (χ2v) is 6.57. The molecule has 0 aliphatic carbocycles. The maximum Gasteiger partial charge on any atom is 0.256 e. The van der Waals surface area contributed by atoms with Gasteiger partial charge in [0.05, 0.1) is 5.56 Å². The molecule has 3 rings (SSSR count). The molecular formula is C20H23FN2O. The molecule has 2 aromatic rings. The number of likely N-dealkylation sites (tertiary alicyclic amines) is 1. The van der Waals surface area contributed by atoms with Gasteiger partial charge in [0, 0.05) is 24.8 Å². The molecule has 0 bridgehead atoms. The van der Waals surface area contributed by atoms with Crippen molar-refractivity contribution in [3.8, 4) is 0 Å². The largest absolute Gasteiger partial charge is 0.382 e. The highest BCUT2D eigenvalue weighted by atomic mass is 19.1. The number of carbonyl (C=O) groups excluding carboxylic acids is 1. The van der Waals surface area contributed by atoms with Crippen molar-refractivity contribution in [3.63, 3.8) is 0 Å². The summed E-state index contributed by atoms with van der Waals surface area (Å²) in [4.78, 5) is 14.2. The molecule has 1 fully saturated rings. The number of nitrogens with one attached hydrogen (secondary N) is 1. The van der Waals surface area contributed by atoms with Crippen LogP contribution in [0.4, 0.5) is 10.1 Å². The van der Waals surface area contributed by atoms with Crippen LogP contribution in [-0.2, 0) is 0 Å². The van der Waals surface area contributed by atoms with E-state index in [2.05, 4.69) is 37.4 Å². The summed E-state index contributed by atoms with van der Waals surface area (Å²) in [5.41, 5.74) is 3.78. The van der Waals surface area contributed by atoms with Crippen LogP contribution in [0, 0.1) is 19.7 Å². The van der Waals surface area contributed by atoms with Crippen molar-refractivity contribution >= 4 is 11.6 Å². The van der Waals surface area contributed by atoms with E-state index in [0.717, 1.165) is 18.5 Å². The molecule has 0 atom stereocenters. The Morgan fingerprint density at radius 1 is 1.08 bits per heavy atom. The van der Waals surface area contributed by atoms with Gasteiger partial charge in [-0.2, -0.15) is 0 Å². The lowest BCUT2D eigenvalue weighted by atomic mass is 10.0. The van der Waals surface area contributed by atoms with Crippen molar-refractivity contribution < 1.29 is 9.18 Å². The van der Waals surface area contributed by atoms with Crippen LogP contribution in [0.3, 0.4) is 0 Å². The highest BCUT2D eigenvalue weighted by molar-refractivity contribution is 5.94. The molecule has 126 valence electrons. The molecule has 1 aliphatic rings. The number of hydrogen-bond acceptors (Lipinski definition) is 2. The summed E-state index contributed by atoms with van der Waals surface area (Å²) in [6.45, 7) is 5.48. The first kappa shape index (κ1) is 16.5. The summed E-state index contributed by atoms with van der Waals surface area (Å²) < 4.78 is 13.8. The maximum absolute atomic E-state index is 13.8. The maximum atomic E-state index is 13.8. The van der Waals surface area contributed by atoms with E-state index in [-0.39, 0.29) is 11.5 Å². The van der Waals surface area contributed by atoms with Crippen LogP contribution in [0.15, 0.2) is 42.5 Å². The average molecular weight is 326 g/mol. The van der Waals surface area contributed by atoms with Crippen molar-refractivity contribution in [1.29, 1.82) is 0 Å². The molecule has 0 spiro atoms. The first-order valence-corrected chi connectivity index (χ1v) is 8.41. The van der Waals surface area contributed by atoms with Crippen molar-refractivity contribution in [3.05, 3.63) is 65.0 Å². The topological polar surface area (TPSA) is 32.3 Å². The van der Waals surface area contributed by atoms with E-state index in [0.29, 0.717) is 19.1 Å². The SMILES string of the molecule is Cc1cc(C)cc(NC2CCN(C(=O)c3ccccc3F)CC2)c1. The van der Waals surface area contributed by atoms with Gasteiger partial charge in [-0.3, -0.25) is 4.79 Å². The second-order valence-electron chi connectivity index (χ2n) is 6.57. The number of aryl methyl sites for hydroxylation is 2. The summed E-state index contributed by atoms with van der Waals surface area (Å²) in [5.74, 6) is -0.657. The van der Waals surface area contributed by atoms with Gasteiger partial charge in [-0.05, 0) is 62.1 Å². The van der Waals surface area contributed by atoms with E-state index in [4.69, 9.17) is 0 Å². The van der Waals surface area contributed by atoms with Crippen LogP contribution in [0.5, 0.6) is 0 Å². The first-order chi connectivity index (χ1) is 11.5. The average Bonchev–Trinajstić information content (AvgIpc) is 2.54. The van der Waals surface area contributed by atoms with Crippen LogP contribution in [0.25, 0.3) is 0 Å². The van der Waals surface area contributed by atoms with Gasteiger partial charge in [0.2, 0.25) is 0 Å². The number of carbonyl (C=O) groups is 1. The van der Waals surface area contributed by atoms with Crippen LogP contribution < -0.4 is 5.32 Å². The summed E-state index contributed by atoms with van der Waals surface area (Å²) in [6, 6.07) is 13.0. The van der Waals surface area contributed by atoms with E-state index in [9.17, 15) is 9.18 Å². The second kappa shape index (κ2) is 7.04. The van der Waals surface area contributed by atoms with Crippen molar-refractivity contribution in [2.75, 3.05) is 18.4 Å². The lowest BCUT2D eigenvalue weighted by Crippen LogP contribution is -2.42. The molecule has 0 radical (unpaired) electrons. The zero-order valence-corrected chi connectivity index (χ0v) is 14.2. The quantitative estimate of drug-likeness (QED) is 0.918. The summed E-state index contributed by atoms with van der Waals surface area (Å²) in [6.07, 6.45) is 1.74. The Labute approximate surface area is 142 Å². The molecule has 4 heteroatoms. The van der Waals surface area contributed by atoms with Gasteiger partial charge in [0.1, 0.15) is 5.82 Å². The Morgan fingerprint density at radius 2 is 1.71 bits per heavy atom. The Morgan fingerprint density at radius 3 is 2.33 bits per heavy atom. The van der Waals surface area contributed by atoms with Gasteiger partial charge in [0.15, 0.2) is 0 Å². The van der Waals surface area contributed by atoms with E-state index >= 15 is 0 Å². The van der Waals surface area contributed by atoms with E-state index in [1.807, 2.05) is 0 Å². The summed E-state index contributed by atoms with van der Waals surface area (Å²) >= 11 is 0. The molecule has 0 saturated carbocycles. The third-order valence-electron chi connectivity index (χ3n) is 4.48. The number of piperidine rings is 1. The predicted octanol–water partition coefficient (Wildman–Crippen LogP) is 4.16. The molecule has 1 heterocycles. The third kappa shape index (κ3) is 3.75. The first-order valence-electron chi connectivity index (χ1n) is 8.41. The Bertz CT molecular complexity index is 716. The fourth-order valence-electron chi connectivity index (χ4n) is 3.33. The van der Waals surface area contributed by atoms with E-state index in [1.54, 1.807) is 23.1 Å². The zero-order chi connectivity index (χ0) is 17.1. The van der Waals surface area contributed by atoms with Crippen LogP contribution in [-0.4, -0.2) is 29.9 Å². The highest BCUT2D eigenvalue weighted by Gasteiger charge is 2.25. The van der Waals surface area contributed by atoms with E-state index < -0.39 is 5.82 Å². The molecule has 0 aromatic heterocycles. The Hall–Kier alpha value is -2.36.